The molecule has 0 atom stereocenters. The maximum atomic E-state index is 5.43. The summed E-state index contributed by atoms with van der Waals surface area (Å²) >= 11 is 1.57. The van der Waals surface area contributed by atoms with Crippen molar-refractivity contribution in [1.82, 2.24) is 25.2 Å². The predicted octanol–water partition coefficient (Wildman–Crippen LogP) is 3.24. The van der Waals surface area contributed by atoms with Crippen LogP contribution in [0.4, 0.5) is 0 Å². The highest BCUT2D eigenvalue weighted by Crippen LogP contribution is 2.36. The van der Waals surface area contributed by atoms with Crippen molar-refractivity contribution in [1.29, 1.82) is 0 Å². The van der Waals surface area contributed by atoms with Gasteiger partial charge in [0.25, 0.3) is 0 Å². The molecule has 2 aromatic heterocycles. The number of tetrazole rings is 1. The van der Waals surface area contributed by atoms with Gasteiger partial charge in [-0.3, -0.25) is 0 Å². The van der Waals surface area contributed by atoms with Gasteiger partial charge in [0.15, 0.2) is 11.5 Å². The van der Waals surface area contributed by atoms with E-state index in [0.717, 1.165) is 33.3 Å². The number of thiazole rings is 1. The Balaban J connectivity index is 1.36. The molecule has 0 aliphatic carbocycles. The molecule has 0 unspecified atom stereocenters. The van der Waals surface area contributed by atoms with Crippen LogP contribution in [-0.4, -0.2) is 32.0 Å². The van der Waals surface area contributed by atoms with Gasteiger partial charge < -0.3 is 9.47 Å². The van der Waals surface area contributed by atoms with Crippen LogP contribution in [-0.2, 0) is 6.54 Å². The molecule has 2 aromatic carbocycles. The Morgan fingerprint density at radius 3 is 2.81 bits per heavy atom. The first-order chi connectivity index (χ1) is 12.8. The Hall–Kier alpha value is -3.26. The summed E-state index contributed by atoms with van der Waals surface area (Å²) in [7, 11) is 0. The van der Waals surface area contributed by atoms with Crippen LogP contribution in [0, 0.1) is 0 Å². The van der Waals surface area contributed by atoms with E-state index in [0.29, 0.717) is 12.4 Å². The van der Waals surface area contributed by atoms with E-state index in [1.54, 1.807) is 16.1 Å². The number of nitrogens with zero attached hydrogens (tertiary/aromatic N) is 5. The molecular formula is C18H13N5O2S. The first kappa shape index (κ1) is 15.0. The highest BCUT2D eigenvalue weighted by Gasteiger charge is 2.15. The minimum Gasteiger partial charge on any atom is -0.454 e. The van der Waals surface area contributed by atoms with Crippen LogP contribution in [0.1, 0.15) is 5.69 Å². The molecule has 0 saturated carbocycles. The van der Waals surface area contributed by atoms with Crippen LogP contribution in [0.25, 0.3) is 22.0 Å². The second-order valence-electron chi connectivity index (χ2n) is 5.72. The molecule has 3 heterocycles. The van der Waals surface area contributed by atoms with Crippen LogP contribution >= 0.6 is 11.3 Å². The van der Waals surface area contributed by atoms with Gasteiger partial charge in [-0.15, -0.1) is 21.5 Å². The van der Waals surface area contributed by atoms with E-state index in [1.807, 2.05) is 53.9 Å². The van der Waals surface area contributed by atoms with Crippen molar-refractivity contribution < 1.29 is 9.47 Å². The molecular weight excluding hydrogens is 350 g/mol. The Morgan fingerprint density at radius 2 is 1.88 bits per heavy atom. The lowest BCUT2D eigenvalue weighted by Crippen LogP contribution is -2.04. The number of hydrogen-bond acceptors (Lipinski definition) is 7. The van der Waals surface area contributed by atoms with Gasteiger partial charge >= 0.3 is 0 Å². The largest absolute Gasteiger partial charge is 0.454 e. The van der Waals surface area contributed by atoms with Gasteiger partial charge in [-0.05, 0) is 23.4 Å². The monoisotopic (exact) mass is 363 g/mol. The Bertz CT molecular complexity index is 1060. The van der Waals surface area contributed by atoms with Crippen LogP contribution in [0.5, 0.6) is 11.5 Å². The van der Waals surface area contributed by atoms with Gasteiger partial charge in [0.2, 0.25) is 12.6 Å². The lowest BCUT2D eigenvalue weighted by atomic mass is 10.2. The van der Waals surface area contributed by atoms with Crippen molar-refractivity contribution in [2.75, 3.05) is 6.79 Å². The summed E-state index contributed by atoms with van der Waals surface area (Å²) in [5.41, 5.74) is 2.83. The molecule has 0 spiro atoms. The fourth-order valence-corrected chi connectivity index (χ4v) is 3.51. The molecule has 1 aliphatic heterocycles. The van der Waals surface area contributed by atoms with Gasteiger partial charge in [0.1, 0.15) is 11.6 Å². The summed E-state index contributed by atoms with van der Waals surface area (Å²) < 4.78 is 10.8. The average Bonchev–Trinajstić information content (AvgIpc) is 3.43. The van der Waals surface area contributed by atoms with Crippen molar-refractivity contribution in [3.63, 3.8) is 0 Å². The first-order valence-corrected chi connectivity index (χ1v) is 8.91. The molecule has 0 radical (unpaired) electrons. The number of benzene rings is 2. The fraction of sp³-hybridized carbons (Fsp3) is 0.111. The van der Waals surface area contributed by atoms with E-state index in [4.69, 9.17) is 9.47 Å². The summed E-state index contributed by atoms with van der Waals surface area (Å²) in [5.74, 6) is 2.13. The number of rotatable bonds is 4. The molecule has 0 fully saturated rings. The summed E-state index contributed by atoms with van der Waals surface area (Å²) in [6, 6.07) is 15.6. The third-order valence-corrected chi connectivity index (χ3v) is 4.90. The van der Waals surface area contributed by atoms with E-state index in [1.165, 1.54) is 0 Å². The average molecular weight is 363 g/mol. The Labute approximate surface area is 152 Å². The van der Waals surface area contributed by atoms with Gasteiger partial charge in [0, 0.05) is 16.5 Å². The standard InChI is InChI=1S/C18H13N5O2S/c1-2-4-12(5-3-1)17-20-22-23(21-17)9-14-10-26-18(19-14)13-6-7-15-16(8-13)25-11-24-15/h1-8,10H,9,11H2. The highest BCUT2D eigenvalue weighted by molar-refractivity contribution is 7.13. The van der Waals surface area contributed by atoms with E-state index in [2.05, 4.69) is 20.4 Å². The van der Waals surface area contributed by atoms with Gasteiger partial charge in [-0.2, -0.15) is 4.80 Å². The molecule has 5 rings (SSSR count). The van der Waals surface area contributed by atoms with E-state index >= 15 is 0 Å². The molecule has 0 saturated heterocycles. The summed E-state index contributed by atoms with van der Waals surface area (Å²) in [4.78, 5) is 6.23. The quantitative estimate of drug-likeness (QED) is 0.554. The van der Waals surface area contributed by atoms with Gasteiger partial charge in [-0.25, -0.2) is 4.98 Å². The lowest BCUT2D eigenvalue weighted by molar-refractivity contribution is 0.174. The van der Waals surface area contributed by atoms with Crippen molar-refractivity contribution in [2.24, 2.45) is 0 Å². The van der Waals surface area contributed by atoms with E-state index in [-0.39, 0.29) is 6.79 Å². The van der Waals surface area contributed by atoms with Gasteiger partial charge in [-0.1, -0.05) is 30.3 Å². The molecule has 1 aliphatic rings. The van der Waals surface area contributed by atoms with Crippen molar-refractivity contribution in [2.45, 2.75) is 6.54 Å². The maximum absolute atomic E-state index is 5.43. The van der Waals surface area contributed by atoms with Gasteiger partial charge in [0.05, 0.1) is 5.69 Å². The third kappa shape index (κ3) is 2.80. The van der Waals surface area contributed by atoms with E-state index < -0.39 is 0 Å². The Kier molecular flexibility index (Phi) is 3.60. The molecule has 4 aromatic rings. The Morgan fingerprint density at radius 1 is 1.00 bits per heavy atom. The molecule has 7 nitrogen and oxygen atoms in total. The van der Waals surface area contributed by atoms with Crippen LogP contribution in [0.3, 0.4) is 0 Å². The predicted molar refractivity (Wildman–Crippen MR) is 96.0 cm³/mol. The number of ether oxygens (including phenoxy) is 2. The minimum absolute atomic E-state index is 0.267. The van der Waals surface area contributed by atoms with Crippen LogP contribution in [0.2, 0.25) is 0 Å². The smallest absolute Gasteiger partial charge is 0.231 e. The second kappa shape index (κ2) is 6.23. The van der Waals surface area contributed by atoms with Crippen molar-refractivity contribution >= 4 is 11.3 Å². The zero-order valence-electron chi connectivity index (χ0n) is 13.6. The molecule has 26 heavy (non-hydrogen) atoms. The van der Waals surface area contributed by atoms with Crippen LogP contribution < -0.4 is 9.47 Å². The molecule has 0 N–H and O–H groups in total. The molecule has 0 bridgehead atoms. The zero-order chi connectivity index (χ0) is 17.3. The second-order valence-corrected chi connectivity index (χ2v) is 6.58. The summed E-state index contributed by atoms with van der Waals surface area (Å²) in [6.45, 7) is 0.741. The minimum atomic E-state index is 0.267. The number of fused-ring (bicyclic) bond motifs is 1. The number of hydrogen-bond donors (Lipinski definition) is 0. The SMILES string of the molecule is c1ccc(-c2nnn(Cc3csc(-c4ccc5c(c4)OCO5)n3)n2)cc1. The normalized spacial score (nSPS) is 12.5. The third-order valence-electron chi connectivity index (χ3n) is 3.96. The lowest BCUT2D eigenvalue weighted by Gasteiger charge is -1.99. The number of aromatic nitrogens is 5. The first-order valence-electron chi connectivity index (χ1n) is 8.03. The van der Waals surface area contributed by atoms with Crippen LogP contribution in [0.15, 0.2) is 53.9 Å². The molecule has 8 heteroatoms. The highest BCUT2D eigenvalue weighted by atomic mass is 32.1. The fourth-order valence-electron chi connectivity index (χ4n) is 2.70. The van der Waals surface area contributed by atoms with E-state index in [9.17, 15) is 0 Å². The maximum Gasteiger partial charge on any atom is 0.231 e. The summed E-state index contributed by atoms with van der Waals surface area (Å²) in [5, 5.41) is 15.6. The van der Waals surface area contributed by atoms with Crippen molar-refractivity contribution in [3.05, 3.63) is 59.6 Å². The van der Waals surface area contributed by atoms with Crippen molar-refractivity contribution in [3.8, 4) is 33.5 Å². The summed E-state index contributed by atoms with van der Waals surface area (Å²) in [6.07, 6.45) is 0. The zero-order valence-corrected chi connectivity index (χ0v) is 14.4. The topological polar surface area (TPSA) is 75.0 Å². The molecule has 128 valence electrons. The molecule has 0 amide bonds.